The maximum Gasteiger partial charge on any atom is 0.254 e. The van der Waals surface area contributed by atoms with Crippen molar-refractivity contribution in [1.82, 2.24) is 9.80 Å². The number of hydrogen-bond acceptors (Lipinski definition) is 4. The number of amides is 1. The summed E-state index contributed by atoms with van der Waals surface area (Å²) in [5, 5.41) is 0. The van der Waals surface area contributed by atoms with Gasteiger partial charge >= 0.3 is 0 Å². The number of likely N-dealkylation sites (tertiary alicyclic amines) is 1. The molecule has 0 aliphatic carbocycles. The Bertz CT molecular complexity index is 565. The quantitative estimate of drug-likeness (QED) is 0.909. The van der Waals surface area contributed by atoms with Gasteiger partial charge in [-0.05, 0) is 50.8 Å². The van der Waals surface area contributed by atoms with Crippen molar-refractivity contribution in [3.05, 3.63) is 35.4 Å². The molecule has 3 atom stereocenters. The third-order valence-corrected chi connectivity index (χ3v) is 5.26. The molecule has 3 rings (SSSR count). The lowest BCUT2D eigenvalue weighted by atomic mass is 10.0. The Morgan fingerprint density at radius 3 is 2.48 bits per heavy atom. The van der Waals surface area contributed by atoms with Crippen molar-refractivity contribution in [2.45, 2.75) is 57.9 Å². The normalized spacial score (nSPS) is 28.1. The summed E-state index contributed by atoms with van der Waals surface area (Å²) in [5.41, 5.74) is 7.86. The third kappa shape index (κ3) is 4.60. The fourth-order valence-corrected chi connectivity index (χ4v) is 4.10. The minimum absolute atomic E-state index is 0.121. The van der Waals surface area contributed by atoms with E-state index in [1.165, 1.54) is 12.0 Å². The van der Waals surface area contributed by atoms with Gasteiger partial charge in [0.25, 0.3) is 5.91 Å². The van der Waals surface area contributed by atoms with Crippen molar-refractivity contribution in [3.8, 4) is 0 Å². The van der Waals surface area contributed by atoms with E-state index in [9.17, 15) is 4.79 Å². The second-order valence-corrected chi connectivity index (χ2v) is 7.53. The highest BCUT2D eigenvalue weighted by atomic mass is 16.5. The van der Waals surface area contributed by atoms with Crippen LogP contribution < -0.4 is 5.73 Å². The van der Waals surface area contributed by atoms with Crippen molar-refractivity contribution >= 4 is 5.91 Å². The van der Waals surface area contributed by atoms with Crippen LogP contribution in [0.4, 0.5) is 0 Å². The van der Waals surface area contributed by atoms with Crippen molar-refractivity contribution in [2.75, 3.05) is 26.2 Å². The van der Waals surface area contributed by atoms with E-state index in [1.54, 1.807) is 0 Å². The van der Waals surface area contributed by atoms with Gasteiger partial charge in [0.2, 0.25) is 0 Å². The lowest BCUT2D eigenvalue weighted by molar-refractivity contribution is -0.0704. The van der Waals surface area contributed by atoms with E-state index >= 15 is 0 Å². The van der Waals surface area contributed by atoms with Gasteiger partial charge in [0.15, 0.2) is 0 Å². The number of ether oxygens (including phenoxy) is 1. The van der Waals surface area contributed by atoms with Gasteiger partial charge in [-0.2, -0.15) is 0 Å². The number of nitrogens with two attached hydrogens (primary N) is 1. The van der Waals surface area contributed by atoms with E-state index in [-0.39, 0.29) is 24.2 Å². The Morgan fingerprint density at radius 1 is 1.16 bits per heavy atom. The molecule has 138 valence electrons. The second kappa shape index (κ2) is 8.30. The summed E-state index contributed by atoms with van der Waals surface area (Å²) in [6, 6.07) is 8.29. The smallest absolute Gasteiger partial charge is 0.254 e. The summed E-state index contributed by atoms with van der Waals surface area (Å²) in [5.74, 6) is 0.121. The van der Waals surface area contributed by atoms with Crippen molar-refractivity contribution < 1.29 is 9.53 Å². The van der Waals surface area contributed by atoms with Gasteiger partial charge in [-0.25, -0.2) is 0 Å². The number of morpholine rings is 1. The maximum atomic E-state index is 12.8. The molecule has 1 aromatic carbocycles. The van der Waals surface area contributed by atoms with Crippen LogP contribution in [0, 0.1) is 0 Å². The van der Waals surface area contributed by atoms with Gasteiger partial charge in [0.05, 0.1) is 12.2 Å². The summed E-state index contributed by atoms with van der Waals surface area (Å²) in [6.45, 7) is 8.44. The summed E-state index contributed by atoms with van der Waals surface area (Å²) in [6.07, 6.45) is 3.82. The van der Waals surface area contributed by atoms with Gasteiger partial charge < -0.3 is 15.4 Å². The third-order valence-electron chi connectivity index (χ3n) is 5.26. The number of nitrogens with zero attached hydrogens (tertiary/aromatic N) is 2. The Hall–Kier alpha value is -1.43. The molecule has 0 spiro atoms. The molecule has 0 saturated carbocycles. The zero-order valence-electron chi connectivity index (χ0n) is 15.5. The highest BCUT2D eigenvalue weighted by molar-refractivity contribution is 5.94. The summed E-state index contributed by atoms with van der Waals surface area (Å²) < 4.78 is 5.79. The van der Waals surface area contributed by atoms with Gasteiger partial charge in [0.1, 0.15) is 0 Å². The zero-order chi connectivity index (χ0) is 17.8. The molecular formula is C20H31N3O2. The minimum Gasteiger partial charge on any atom is -0.373 e. The number of benzene rings is 1. The Labute approximate surface area is 151 Å². The molecule has 2 aliphatic heterocycles. The van der Waals surface area contributed by atoms with Gasteiger partial charge in [-0.3, -0.25) is 9.69 Å². The second-order valence-electron chi connectivity index (χ2n) is 7.53. The molecule has 2 aliphatic rings. The average molecular weight is 345 g/mol. The molecule has 1 amide bonds. The molecule has 2 saturated heterocycles. The fourth-order valence-electron chi connectivity index (χ4n) is 4.10. The van der Waals surface area contributed by atoms with Gasteiger partial charge in [0, 0.05) is 44.3 Å². The first-order chi connectivity index (χ1) is 12.1. The van der Waals surface area contributed by atoms with Gasteiger partial charge in [-0.15, -0.1) is 0 Å². The number of hydrogen-bond donors (Lipinski definition) is 1. The summed E-state index contributed by atoms with van der Waals surface area (Å²) in [7, 11) is 0. The molecular weight excluding hydrogens is 314 g/mol. The van der Waals surface area contributed by atoms with Gasteiger partial charge in [-0.1, -0.05) is 12.1 Å². The van der Waals surface area contributed by atoms with Crippen LogP contribution in [0.25, 0.3) is 0 Å². The van der Waals surface area contributed by atoms with Crippen LogP contribution in [0.3, 0.4) is 0 Å². The SMILES string of the molecule is C[C@@H]1CN(Cc2ccc(C(=O)N3CCCC[C@@H]3CN)cc2)C[C@H](C)O1. The topological polar surface area (TPSA) is 58.8 Å². The van der Waals surface area contributed by atoms with E-state index < -0.39 is 0 Å². The van der Waals surface area contributed by atoms with E-state index in [2.05, 4.69) is 30.9 Å². The predicted octanol–water partition coefficient (Wildman–Crippen LogP) is 2.25. The summed E-state index contributed by atoms with van der Waals surface area (Å²) in [4.78, 5) is 17.2. The molecule has 5 heteroatoms. The Balaban J connectivity index is 1.62. The molecule has 0 aromatic heterocycles. The molecule has 1 aromatic rings. The Morgan fingerprint density at radius 2 is 1.84 bits per heavy atom. The first-order valence-electron chi connectivity index (χ1n) is 9.54. The van der Waals surface area contributed by atoms with Crippen molar-refractivity contribution in [3.63, 3.8) is 0 Å². The van der Waals surface area contributed by atoms with E-state index in [4.69, 9.17) is 10.5 Å². The highest BCUT2D eigenvalue weighted by Crippen LogP contribution is 2.20. The van der Waals surface area contributed by atoms with E-state index in [1.807, 2.05) is 17.0 Å². The van der Waals surface area contributed by atoms with E-state index in [0.717, 1.165) is 44.6 Å². The van der Waals surface area contributed by atoms with E-state index in [0.29, 0.717) is 6.54 Å². The van der Waals surface area contributed by atoms with Crippen LogP contribution in [0.15, 0.2) is 24.3 Å². The minimum atomic E-state index is 0.121. The molecule has 2 N–H and O–H groups in total. The first-order valence-corrected chi connectivity index (χ1v) is 9.54. The van der Waals surface area contributed by atoms with Crippen LogP contribution in [0.1, 0.15) is 49.0 Å². The number of piperidine rings is 1. The standard InChI is InChI=1S/C20H31N3O2/c1-15-12-22(13-16(2)25-15)14-17-6-8-18(9-7-17)20(24)23-10-4-3-5-19(23)11-21/h6-9,15-16,19H,3-5,10-14,21H2,1-2H3/t15-,16+,19-/m1/s1. The first kappa shape index (κ1) is 18.4. The molecule has 25 heavy (non-hydrogen) atoms. The van der Waals surface area contributed by atoms with Crippen molar-refractivity contribution in [2.24, 2.45) is 5.73 Å². The lowest BCUT2D eigenvalue weighted by Crippen LogP contribution is -2.47. The number of carbonyl (C=O) groups excluding carboxylic acids is 1. The fraction of sp³-hybridized carbons (Fsp3) is 0.650. The predicted molar refractivity (Wildman–Crippen MR) is 99.5 cm³/mol. The molecule has 5 nitrogen and oxygen atoms in total. The average Bonchev–Trinajstić information content (AvgIpc) is 2.61. The molecule has 2 heterocycles. The van der Waals surface area contributed by atoms with Crippen LogP contribution >= 0.6 is 0 Å². The maximum absolute atomic E-state index is 12.8. The Kier molecular flexibility index (Phi) is 6.10. The largest absolute Gasteiger partial charge is 0.373 e. The summed E-state index contributed by atoms with van der Waals surface area (Å²) >= 11 is 0. The number of carbonyl (C=O) groups is 1. The van der Waals surface area contributed by atoms with Crippen LogP contribution in [-0.4, -0.2) is 60.1 Å². The molecule has 0 radical (unpaired) electrons. The molecule has 2 fully saturated rings. The van der Waals surface area contributed by atoms with Crippen molar-refractivity contribution in [1.29, 1.82) is 0 Å². The highest BCUT2D eigenvalue weighted by Gasteiger charge is 2.26. The van der Waals surface area contributed by atoms with Crippen LogP contribution in [0.5, 0.6) is 0 Å². The molecule has 0 bridgehead atoms. The monoisotopic (exact) mass is 345 g/mol. The number of rotatable bonds is 4. The lowest BCUT2D eigenvalue weighted by Gasteiger charge is -2.35. The van der Waals surface area contributed by atoms with Crippen LogP contribution in [0.2, 0.25) is 0 Å². The van der Waals surface area contributed by atoms with Crippen LogP contribution in [-0.2, 0) is 11.3 Å². The zero-order valence-corrected chi connectivity index (χ0v) is 15.5. The molecule has 0 unspecified atom stereocenters.